The third-order valence-electron chi connectivity index (χ3n) is 1.92. The van der Waals surface area contributed by atoms with Gasteiger partial charge in [0, 0.05) is 13.5 Å². The molecule has 1 saturated heterocycles. The Morgan fingerprint density at radius 1 is 1.62 bits per heavy atom. The molecule has 0 unspecified atom stereocenters. The first-order valence-electron chi connectivity index (χ1n) is 4.27. The molecule has 70 valence electrons. The molecule has 1 aliphatic heterocycles. The lowest BCUT2D eigenvalue weighted by Gasteiger charge is -2.16. The zero-order valence-corrected chi connectivity index (χ0v) is 7.59. The lowest BCUT2D eigenvalue weighted by molar-refractivity contribution is -0.116. The van der Waals surface area contributed by atoms with E-state index in [1.54, 1.807) is 0 Å². The number of carbonyl (C=O) groups excluding carboxylic acids is 1. The third-order valence-corrected chi connectivity index (χ3v) is 1.92. The van der Waals surface area contributed by atoms with Crippen LogP contribution in [0.4, 0.5) is 0 Å². The summed E-state index contributed by atoms with van der Waals surface area (Å²) in [5, 5.41) is 11.1. The molecule has 1 N–H and O–H groups in total. The van der Waals surface area contributed by atoms with Crippen molar-refractivity contribution >= 4 is 5.91 Å². The molecule has 4 heteroatoms. The number of nitrogens with zero attached hydrogens (tertiary/aromatic N) is 1. The van der Waals surface area contributed by atoms with Gasteiger partial charge in [-0.25, -0.2) is 0 Å². The summed E-state index contributed by atoms with van der Waals surface area (Å²) < 4.78 is 5.25. The van der Waals surface area contributed by atoms with E-state index in [-0.39, 0.29) is 11.5 Å². The highest BCUT2D eigenvalue weighted by Crippen LogP contribution is 2.19. The number of amides is 1. The van der Waals surface area contributed by atoms with Gasteiger partial charge in [0.25, 0.3) is 5.91 Å². The second kappa shape index (κ2) is 4.51. The minimum atomic E-state index is -0.362. The Morgan fingerprint density at radius 2 is 2.38 bits per heavy atom. The van der Waals surface area contributed by atoms with E-state index in [0.29, 0.717) is 18.8 Å². The number of hydrogen-bond acceptors (Lipinski definition) is 3. The zero-order valence-electron chi connectivity index (χ0n) is 7.59. The van der Waals surface area contributed by atoms with Crippen LogP contribution in [0.2, 0.25) is 0 Å². The fraction of sp³-hybridized carbons (Fsp3) is 0.556. The number of ether oxygens (including phenoxy) is 1. The Hall–Kier alpha value is -1.50. The second-order valence-corrected chi connectivity index (χ2v) is 2.79. The van der Waals surface area contributed by atoms with Crippen molar-refractivity contribution in [2.45, 2.75) is 19.3 Å². The predicted octanol–water partition coefficient (Wildman–Crippen LogP) is 0.711. The predicted molar refractivity (Wildman–Crippen MR) is 46.5 cm³/mol. The molecule has 0 radical (unpaired) electrons. The smallest absolute Gasteiger partial charge is 0.265 e. The first-order chi connectivity index (χ1) is 6.29. The van der Waals surface area contributed by atoms with Crippen molar-refractivity contribution in [3.05, 3.63) is 11.3 Å². The van der Waals surface area contributed by atoms with Crippen LogP contribution in [-0.4, -0.2) is 19.6 Å². The van der Waals surface area contributed by atoms with Crippen LogP contribution in [0.5, 0.6) is 0 Å². The molecule has 0 bridgehead atoms. The lowest BCUT2D eigenvalue weighted by atomic mass is 10.1. The molecule has 0 aromatic carbocycles. The number of rotatable bonds is 1. The maximum Gasteiger partial charge on any atom is 0.265 e. The Labute approximate surface area is 77.2 Å². The summed E-state index contributed by atoms with van der Waals surface area (Å²) in [5.41, 5.74) is 0.113. The number of allylic oxidation sites excluding steroid dienone is 1. The number of likely N-dealkylation sites (N-methyl/N-ethyl adjacent to an activating group) is 1. The first kappa shape index (κ1) is 9.59. The number of nitrogens with one attached hydrogen (secondary N) is 1. The maximum absolute atomic E-state index is 11.2. The SMILES string of the molecule is CNC(=O)/C(C#N)=C1\CCCCO1. The molecule has 1 aliphatic rings. The van der Waals surface area contributed by atoms with Gasteiger partial charge in [0.2, 0.25) is 0 Å². The first-order valence-corrected chi connectivity index (χ1v) is 4.27. The van der Waals surface area contributed by atoms with Crippen LogP contribution in [0.3, 0.4) is 0 Å². The minimum absolute atomic E-state index is 0.113. The molecule has 0 atom stereocenters. The van der Waals surface area contributed by atoms with Gasteiger partial charge >= 0.3 is 0 Å². The van der Waals surface area contributed by atoms with Gasteiger partial charge < -0.3 is 10.1 Å². The van der Waals surface area contributed by atoms with E-state index in [9.17, 15) is 4.79 Å². The van der Waals surface area contributed by atoms with Crippen molar-refractivity contribution < 1.29 is 9.53 Å². The van der Waals surface area contributed by atoms with Gasteiger partial charge in [-0.15, -0.1) is 0 Å². The van der Waals surface area contributed by atoms with Crippen LogP contribution in [-0.2, 0) is 9.53 Å². The van der Waals surface area contributed by atoms with E-state index >= 15 is 0 Å². The number of nitriles is 1. The summed E-state index contributed by atoms with van der Waals surface area (Å²) >= 11 is 0. The molecule has 1 rings (SSSR count). The van der Waals surface area contributed by atoms with E-state index in [4.69, 9.17) is 10.00 Å². The Kier molecular flexibility index (Phi) is 3.32. The molecule has 0 aromatic heterocycles. The Balaban J connectivity index is 2.84. The van der Waals surface area contributed by atoms with E-state index in [1.807, 2.05) is 6.07 Å². The van der Waals surface area contributed by atoms with Crippen LogP contribution >= 0.6 is 0 Å². The van der Waals surface area contributed by atoms with Gasteiger partial charge in [-0.05, 0) is 12.8 Å². The summed E-state index contributed by atoms with van der Waals surface area (Å²) in [6, 6.07) is 1.87. The standard InChI is InChI=1S/C9H12N2O2/c1-11-9(12)7(6-10)8-4-2-3-5-13-8/h2-5H2,1H3,(H,11,12)/b8-7+. The normalized spacial score (nSPS) is 19.7. The monoisotopic (exact) mass is 180 g/mol. The summed E-state index contributed by atoms with van der Waals surface area (Å²) in [4.78, 5) is 11.2. The van der Waals surface area contributed by atoms with E-state index in [2.05, 4.69) is 5.32 Å². The lowest BCUT2D eigenvalue weighted by Crippen LogP contribution is -2.22. The highest BCUT2D eigenvalue weighted by Gasteiger charge is 2.17. The van der Waals surface area contributed by atoms with Crippen LogP contribution in [0, 0.1) is 11.3 Å². The molecular weight excluding hydrogens is 168 g/mol. The minimum Gasteiger partial charge on any atom is -0.496 e. The van der Waals surface area contributed by atoms with Crippen LogP contribution < -0.4 is 5.32 Å². The number of carbonyl (C=O) groups is 1. The number of hydrogen-bond donors (Lipinski definition) is 1. The average molecular weight is 180 g/mol. The fourth-order valence-corrected chi connectivity index (χ4v) is 1.22. The van der Waals surface area contributed by atoms with E-state index in [1.165, 1.54) is 7.05 Å². The molecule has 0 aliphatic carbocycles. The molecule has 0 saturated carbocycles. The summed E-state index contributed by atoms with van der Waals surface area (Å²) in [6.07, 6.45) is 2.67. The molecule has 1 heterocycles. The van der Waals surface area contributed by atoms with Crippen molar-refractivity contribution in [1.29, 1.82) is 5.26 Å². The van der Waals surface area contributed by atoms with E-state index < -0.39 is 0 Å². The molecule has 1 fully saturated rings. The average Bonchev–Trinajstić information content (AvgIpc) is 2.20. The van der Waals surface area contributed by atoms with Crippen LogP contribution in [0.1, 0.15) is 19.3 Å². The highest BCUT2D eigenvalue weighted by molar-refractivity contribution is 5.97. The van der Waals surface area contributed by atoms with Crippen molar-refractivity contribution in [1.82, 2.24) is 5.32 Å². The van der Waals surface area contributed by atoms with Gasteiger partial charge in [-0.1, -0.05) is 0 Å². The van der Waals surface area contributed by atoms with Gasteiger partial charge in [0.05, 0.1) is 6.61 Å². The molecule has 1 amide bonds. The highest BCUT2D eigenvalue weighted by atomic mass is 16.5. The maximum atomic E-state index is 11.2. The Bertz CT molecular complexity index is 268. The molecule has 0 aromatic rings. The summed E-state index contributed by atoms with van der Waals surface area (Å²) in [6.45, 7) is 0.609. The van der Waals surface area contributed by atoms with Gasteiger partial charge in [-0.3, -0.25) is 4.79 Å². The third kappa shape index (κ3) is 2.22. The zero-order chi connectivity index (χ0) is 9.68. The largest absolute Gasteiger partial charge is 0.496 e. The topological polar surface area (TPSA) is 62.1 Å². The molecule has 13 heavy (non-hydrogen) atoms. The Morgan fingerprint density at radius 3 is 2.85 bits per heavy atom. The van der Waals surface area contributed by atoms with Crippen molar-refractivity contribution in [2.75, 3.05) is 13.7 Å². The summed E-state index contributed by atoms with van der Waals surface area (Å²) in [5.74, 6) is 0.174. The quantitative estimate of drug-likeness (QED) is 0.477. The van der Waals surface area contributed by atoms with Gasteiger partial charge in [0.15, 0.2) is 5.57 Å². The second-order valence-electron chi connectivity index (χ2n) is 2.79. The van der Waals surface area contributed by atoms with E-state index in [0.717, 1.165) is 12.8 Å². The van der Waals surface area contributed by atoms with Gasteiger partial charge in [-0.2, -0.15) is 5.26 Å². The van der Waals surface area contributed by atoms with Crippen molar-refractivity contribution in [3.8, 4) is 6.07 Å². The molecular formula is C9H12N2O2. The van der Waals surface area contributed by atoms with Gasteiger partial charge in [0.1, 0.15) is 11.8 Å². The molecule has 4 nitrogen and oxygen atoms in total. The van der Waals surface area contributed by atoms with Crippen molar-refractivity contribution in [2.24, 2.45) is 0 Å². The van der Waals surface area contributed by atoms with Crippen LogP contribution in [0.15, 0.2) is 11.3 Å². The van der Waals surface area contributed by atoms with Crippen LogP contribution in [0.25, 0.3) is 0 Å². The summed E-state index contributed by atoms with van der Waals surface area (Å²) in [7, 11) is 1.50. The molecule has 0 spiro atoms. The van der Waals surface area contributed by atoms with Crippen molar-refractivity contribution in [3.63, 3.8) is 0 Å². The fourth-order valence-electron chi connectivity index (χ4n) is 1.22.